The van der Waals surface area contributed by atoms with Gasteiger partial charge in [0.15, 0.2) is 0 Å². The maximum atomic E-state index is 11.9. The Morgan fingerprint density at radius 1 is 1.20 bits per heavy atom. The molecule has 7 heteroatoms. The summed E-state index contributed by atoms with van der Waals surface area (Å²) in [5.74, 6) is 0.502. The summed E-state index contributed by atoms with van der Waals surface area (Å²) in [5, 5.41) is 6.10. The minimum Gasteiger partial charge on any atom is -0.495 e. The van der Waals surface area contributed by atoms with E-state index in [-0.39, 0.29) is 0 Å². The first-order valence-electron chi connectivity index (χ1n) is 5.61. The Morgan fingerprint density at radius 2 is 1.95 bits per heavy atom. The van der Waals surface area contributed by atoms with Crippen LogP contribution in [0.15, 0.2) is 36.7 Å². The van der Waals surface area contributed by atoms with Gasteiger partial charge in [-0.2, -0.15) is 0 Å². The molecule has 0 bridgehead atoms. The van der Waals surface area contributed by atoms with Gasteiger partial charge in [-0.25, -0.2) is 4.79 Å². The monoisotopic (exact) mass is 311 g/mol. The van der Waals surface area contributed by atoms with Crippen molar-refractivity contribution < 1.29 is 9.53 Å². The van der Waals surface area contributed by atoms with E-state index in [0.717, 1.165) is 0 Å². The maximum Gasteiger partial charge on any atom is 0.323 e. The van der Waals surface area contributed by atoms with Crippen LogP contribution in [-0.4, -0.2) is 18.1 Å². The third kappa shape index (κ3) is 3.53. The van der Waals surface area contributed by atoms with Crippen LogP contribution in [0.25, 0.3) is 0 Å². The van der Waals surface area contributed by atoms with Crippen molar-refractivity contribution in [2.45, 2.75) is 0 Å². The highest BCUT2D eigenvalue weighted by atomic mass is 35.5. The number of ether oxygens (including phenoxy) is 1. The van der Waals surface area contributed by atoms with Gasteiger partial charge >= 0.3 is 6.03 Å². The molecule has 1 aromatic carbocycles. The van der Waals surface area contributed by atoms with Gasteiger partial charge in [0.25, 0.3) is 0 Å². The Morgan fingerprint density at radius 3 is 2.65 bits per heavy atom. The number of carbonyl (C=O) groups is 1. The summed E-state index contributed by atoms with van der Waals surface area (Å²) >= 11 is 11.8. The molecular weight excluding hydrogens is 301 g/mol. The van der Waals surface area contributed by atoms with Crippen molar-refractivity contribution >= 4 is 40.6 Å². The van der Waals surface area contributed by atoms with E-state index >= 15 is 0 Å². The standard InChI is InChI=1S/C13H11Cl2N3O2/c1-20-12-3-2-8(14)6-10(12)17-13(19)18-11-7-16-5-4-9(11)15/h2-7H,1H3,(H2,17,18,19). The maximum absolute atomic E-state index is 11.9. The van der Waals surface area contributed by atoms with Crippen molar-refractivity contribution in [2.24, 2.45) is 0 Å². The minimum absolute atomic E-state index is 0.396. The third-order valence-corrected chi connectivity index (χ3v) is 2.99. The minimum atomic E-state index is -0.472. The highest BCUT2D eigenvalue weighted by molar-refractivity contribution is 6.33. The number of benzene rings is 1. The summed E-state index contributed by atoms with van der Waals surface area (Å²) < 4.78 is 5.14. The van der Waals surface area contributed by atoms with Crippen molar-refractivity contribution in [2.75, 3.05) is 17.7 Å². The first kappa shape index (κ1) is 14.4. The van der Waals surface area contributed by atoms with Gasteiger partial charge in [0, 0.05) is 11.2 Å². The molecule has 0 saturated heterocycles. The number of amides is 2. The molecule has 1 heterocycles. The van der Waals surface area contributed by atoms with Crippen molar-refractivity contribution in [1.29, 1.82) is 0 Å². The second kappa shape index (κ2) is 6.45. The quantitative estimate of drug-likeness (QED) is 0.899. The summed E-state index contributed by atoms with van der Waals surface area (Å²) in [4.78, 5) is 15.8. The number of hydrogen-bond donors (Lipinski definition) is 2. The number of halogens is 2. The van der Waals surface area contributed by atoms with E-state index in [1.54, 1.807) is 24.3 Å². The number of anilines is 2. The number of methoxy groups -OCH3 is 1. The topological polar surface area (TPSA) is 63.2 Å². The van der Waals surface area contributed by atoms with Crippen LogP contribution in [0.1, 0.15) is 0 Å². The number of nitrogens with zero attached hydrogens (tertiary/aromatic N) is 1. The Hall–Kier alpha value is -1.98. The Labute approximate surface area is 125 Å². The van der Waals surface area contributed by atoms with Crippen LogP contribution in [0.2, 0.25) is 10.0 Å². The van der Waals surface area contributed by atoms with Crippen LogP contribution in [0, 0.1) is 0 Å². The zero-order valence-corrected chi connectivity index (χ0v) is 12.0. The van der Waals surface area contributed by atoms with Crippen LogP contribution in [0.4, 0.5) is 16.2 Å². The SMILES string of the molecule is COc1ccc(Cl)cc1NC(=O)Nc1cnccc1Cl. The summed E-state index contributed by atoms with van der Waals surface area (Å²) in [6, 6.07) is 6.03. The highest BCUT2D eigenvalue weighted by Gasteiger charge is 2.09. The van der Waals surface area contributed by atoms with Crippen molar-refractivity contribution in [3.63, 3.8) is 0 Å². The molecule has 5 nitrogen and oxygen atoms in total. The lowest BCUT2D eigenvalue weighted by atomic mass is 10.3. The van der Waals surface area contributed by atoms with E-state index < -0.39 is 6.03 Å². The number of urea groups is 1. The van der Waals surface area contributed by atoms with Crippen molar-refractivity contribution in [3.05, 3.63) is 46.7 Å². The summed E-state index contributed by atoms with van der Waals surface area (Å²) in [6.45, 7) is 0. The van der Waals surface area contributed by atoms with Gasteiger partial charge in [-0.3, -0.25) is 4.98 Å². The first-order chi connectivity index (χ1) is 9.60. The Balaban J connectivity index is 2.12. The van der Waals surface area contributed by atoms with Crippen LogP contribution in [-0.2, 0) is 0 Å². The predicted molar refractivity (Wildman–Crippen MR) is 79.9 cm³/mol. The highest BCUT2D eigenvalue weighted by Crippen LogP contribution is 2.28. The van der Waals surface area contributed by atoms with Crippen molar-refractivity contribution in [3.8, 4) is 5.75 Å². The molecule has 0 aliphatic rings. The molecule has 0 unspecified atom stereocenters. The van der Waals surface area contributed by atoms with Gasteiger partial charge in [0.1, 0.15) is 5.75 Å². The Kier molecular flexibility index (Phi) is 4.65. The average Bonchev–Trinajstić information content (AvgIpc) is 2.41. The van der Waals surface area contributed by atoms with E-state index in [1.165, 1.54) is 19.5 Å². The normalized spacial score (nSPS) is 9.95. The molecule has 2 amide bonds. The first-order valence-corrected chi connectivity index (χ1v) is 6.37. The van der Waals surface area contributed by atoms with E-state index in [1.807, 2.05) is 0 Å². The molecule has 0 fully saturated rings. The summed E-state index contributed by atoms with van der Waals surface area (Å²) in [5.41, 5.74) is 0.866. The van der Waals surface area contributed by atoms with Crippen LogP contribution < -0.4 is 15.4 Å². The van der Waals surface area contributed by atoms with Crippen molar-refractivity contribution in [1.82, 2.24) is 4.98 Å². The molecule has 0 spiro atoms. The molecule has 0 aliphatic heterocycles. The second-order valence-corrected chi connectivity index (χ2v) is 4.62. The van der Waals surface area contributed by atoms with Gasteiger partial charge in [-0.05, 0) is 24.3 Å². The third-order valence-electron chi connectivity index (χ3n) is 2.43. The molecule has 0 radical (unpaired) electrons. The fourth-order valence-corrected chi connectivity index (χ4v) is 1.85. The van der Waals surface area contributed by atoms with Gasteiger partial charge in [0.05, 0.1) is 29.7 Å². The van der Waals surface area contributed by atoms with Gasteiger partial charge in [-0.15, -0.1) is 0 Å². The smallest absolute Gasteiger partial charge is 0.323 e. The lowest BCUT2D eigenvalue weighted by molar-refractivity contribution is 0.262. The van der Waals surface area contributed by atoms with Gasteiger partial charge in [-0.1, -0.05) is 23.2 Å². The molecule has 2 rings (SSSR count). The van der Waals surface area contributed by atoms with E-state index in [0.29, 0.717) is 27.2 Å². The molecule has 20 heavy (non-hydrogen) atoms. The molecular formula is C13H11Cl2N3O2. The second-order valence-electron chi connectivity index (χ2n) is 3.78. The average molecular weight is 312 g/mol. The fraction of sp³-hybridized carbons (Fsp3) is 0.0769. The van der Waals surface area contributed by atoms with Crippen LogP contribution in [0.3, 0.4) is 0 Å². The molecule has 2 aromatic rings. The van der Waals surface area contributed by atoms with Crippen LogP contribution >= 0.6 is 23.2 Å². The van der Waals surface area contributed by atoms with Gasteiger partial charge in [0.2, 0.25) is 0 Å². The van der Waals surface area contributed by atoms with E-state index in [4.69, 9.17) is 27.9 Å². The van der Waals surface area contributed by atoms with Gasteiger partial charge < -0.3 is 15.4 Å². The number of pyridine rings is 1. The fourth-order valence-electron chi connectivity index (χ4n) is 1.52. The van der Waals surface area contributed by atoms with Crippen LogP contribution in [0.5, 0.6) is 5.75 Å². The molecule has 0 atom stereocenters. The Bertz CT molecular complexity index is 635. The molecule has 104 valence electrons. The molecule has 2 N–H and O–H groups in total. The largest absolute Gasteiger partial charge is 0.495 e. The number of hydrogen-bond acceptors (Lipinski definition) is 3. The number of carbonyl (C=O) groups excluding carboxylic acids is 1. The zero-order valence-electron chi connectivity index (χ0n) is 10.5. The molecule has 0 saturated carbocycles. The molecule has 1 aromatic heterocycles. The number of nitrogens with one attached hydrogen (secondary N) is 2. The summed E-state index contributed by atoms with van der Waals surface area (Å²) in [7, 11) is 1.50. The number of rotatable bonds is 3. The molecule has 0 aliphatic carbocycles. The summed E-state index contributed by atoms with van der Waals surface area (Å²) in [6.07, 6.45) is 2.99. The lowest BCUT2D eigenvalue weighted by Crippen LogP contribution is -2.20. The zero-order chi connectivity index (χ0) is 14.5. The predicted octanol–water partition coefficient (Wildman–Crippen LogP) is 4.04. The number of aromatic nitrogens is 1. The lowest BCUT2D eigenvalue weighted by Gasteiger charge is -2.11. The van der Waals surface area contributed by atoms with E-state index in [9.17, 15) is 4.79 Å². The van der Waals surface area contributed by atoms with E-state index in [2.05, 4.69) is 15.6 Å².